The first-order chi connectivity index (χ1) is 7.00. The molecule has 1 rings (SSSR count). The molecule has 0 bridgehead atoms. The van der Waals surface area contributed by atoms with Crippen molar-refractivity contribution in [2.75, 3.05) is 6.54 Å². The largest absolute Gasteiger partial charge is 0.507 e. The van der Waals surface area contributed by atoms with Gasteiger partial charge in [-0.1, -0.05) is 28.1 Å². The van der Waals surface area contributed by atoms with E-state index in [-0.39, 0.29) is 0 Å². The highest BCUT2D eigenvalue weighted by molar-refractivity contribution is 9.10. The topological polar surface area (TPSA) is 46.2 Å². The Morgan fingerprint density at radius 1 is 1.20 bits per heavy atom. The monoisotopic (exact) mass is 269 g/mol. The van der Waals surface area contributed by atoms with Gasteiger partial charge < -0.3 is 10.8 Å². The van der Waals surface area contributed by atoms with Gasteiger partial charge in [-0.3, -0.25) is 0 Å². The van der Waals surface area contributed by atoms with Crippen LogP contribution in [0.1, 0.15) is 22.3 Å². The molecule has 1 aromatic rings. The maximum Gasteiger partial charge on any atom is 0.126 e. The summed E-state index contributed by atoms with van der Waals surface area (Å²) in [5.74, 6) is 0.345. The highest BCUT2D eigenvalue weighted by Gasteiger charge is 2.12. The molecule has 0 amide bonds. The average Bonchev–Trinajstić information content (AvgIpc) is 2.24. The van der Waals surface area contributed by atoms with Crippen LogP contribution >= 0.6 is 15.9 Å². The molecule has 0 aromatic heterocycles. The number of aromatic hydroxyl groups is 1. The zero-order chi connectivity index (χ0) is 11.6. The van der Waals surface area contributed by atoms with Gasteiger partial charge in [0.2, 0.25) is 0 Å². The van der Waals surface area contributed by atoms with E-state index in [0.717, 1.165) is 26.7 Å². The Hall–Kier alpha value is -0.800. The fraction of sp³-hybridized carbons (Fsp3) is 0.333. The Bertz CT molecular complexity index is 382. The van der Waals surface area contributed by atoms with Gasteiger partial charge in [-0.25, -0.2) is 0 Å². The summed E-state index contributed by atoms with van der Waals surface area (Å²) in [5, 5.41) is 10.00. The minimum atomic E-state index is 0.345. The van der Waals surface area contributed by atoms with Crippen LogP contribution < -0.4 is 5.73 Å². The van der Waals surface area contributed by atoms with Crippen LogP contribution in [0.15, 0.2) is 10.5 Å². The predicted molar refractivity (Wildman–Crippen MR) is 68.1 cm³/mol. The fourth-order valence-electron chi connectivity index (χ4n) is 1.51. The zero-order valence-corrected chi connectivity index (χ0v) is 10.9. The van der Waals surface area contributed by atoms with Crippen LogP contribution in [0, 0.1) is 20.8 Å². The third-order valence-electron chi connectivity index (χ3n) is 2.66. The van der Waals surface area contributed by atoms with Crippen molar-refractivity contribution in [1.82, 2.24) is 0 Å². The van der Waals surface area contributed by atoms with Crippen molar-refractivity contribution in [2.45, 2.75) is 20.8 Å². The van der Waals surface area contributed by atoms with Gasteiger partial charge in [-0.15, -0.1) is 0 Å². The van der Waals surface area contributed by atoms with Gasteiger partial charge in [-0.05, 0) is 37.5 Å². The maximum atomic E-state index is 10.00. The minimum Gasteiger partial charge on any atom is -0.507 e. The van der Waals surface area contributed by atoms with E-state index >= 15 is 0 Å². The Kier molecular flexibility index (Phi) is 3.94. The highest BCUT2D eigenvalue weighted by Crippen LogP contribution is 2.35. The summed E-state index contributed by atoms with van der Waals surface area (Å²) < 4.78 is 1.05. The minimum absolute atomic E-state index is 0.345. The molecule has 0 fully saturated rings. The third-order valence-corrected chi connectivity index (χ3v) is 3.85. The number of phenolic OH excluding ortho intramolecular Hbond substituents is 1. The lowest BCUT2D eigenvalue weighted by atomic mass is 9.99. The molecule has 0 heterocycles. The zero-order valence-electron chi connectivity index (χ0n) is 9.26. The number of halogens is 1. The molecule has 0 aliphatic heterocycles. The molecule has 3 heteroatoms. The predicted octanol–water partition coefficient (Wildman–Crippen LogP) is 3.05. The lowest BCUT2D eigenvalue weighted by Crippen LogP contribution is -1.95. The molecule has 0 spiro atoms. The number of benzene rings is 1. The van der Waals surface area contributed by atoms with Gasteiger partial charge in [0.15, 0.2) is 0 Å². The Balaban J connectivity index is 3.45. The van der Waals surface area contributed by atoms with Crippen LogP contribution in [-0.2, 0) is 0 Å². The summed E-state index contributed by atoms with van der Waals surface area (Å²) in [6.07, 6.45) is 3.70. The number of rotatable bonds is 2. The quantitative estimate of drug-likeness (QED) is 0.867. The Labute approximate surface area is 98.9 Å². The lowest BCUT2D eigenvalue weighted by Gasteiger charge is -2.13. The molecule has 82 valence electrons. The summed E-state index contributed by atoms with van der Waals surface area (Å²) in [6.45, 7) is 6.35. The van der Waals surface area contributed by atoms with Crippen LogP contribution in [0.3, 0.4) is 0 Å². The van der Waals surface area contributed by atoms with Crippen LogP contribution in [0.25, 0.3) is 6.08 Å². The summed E-state index contributed by atoms with van der Waals surface area (Å²) >= 11 is 3.53. The number of phenols is 1. The second-order valence-electron chi connectivity index (χ2n) is 3.59. The van der Waals surface area contributed by atoms with Crippen LogP contribution in [0.5, 0.6) is 5.75 Å². The maximum absolute atomic E-state index is 10.00. The van der Waals surface area contributed by atoms with Crippen molar-refractivity contribution in [3.63, 3.8) is 0 Å². The van der Waals surface area contributed by atoms with Crippen molar-refractivity contribution < 1.29 is 5.11 Å². The molecule has 0 unspecified atom stereocenters. The fourth-order valence-corrected chi connectivity index (χ4v) is 2.02. The van der Waals surface area contributed by atoms with Gasteiger partial charge in [0.1, 0.15) is 5.75 Å². The molecule has 1 aromatic carbocycles. The van der Waals surface area contributed by atoms with E-state index in [1.165, 1.54) is 0 Å². The second kappa shape index (κ2) is 4.81. The first kappa shape index (κ1) is 12.3. The standard InChI is InChI=1S/C12H16BrNO/c1-7-8(2)12(15)10(5-4-6-14)9(3)11(7)13/h4-5,15H,6,14H2,1-3H3/b5-4+. The number of hydrogen-bond acceptors (Lipinski definition) is 2. The third kappa shape index (κ3) is 2.24. The molecule has 0 aliphatic rings. The normalized spacial score (nSPS) is 11.3. The second-order valence-corrected chi connectivity index (χ2v) is 4.38. The van der Waals surface area contributed by atoms with Crippen molar-refractivity contribution >= 4 is 22.0 Å². The summed E-state index contributed by atoms with van der Waals surface area (Å²) in [5.41, 5.74) is 9.27. The van der Waals surface area contributed by atoms with Crippen molar-refractivity contribution in [3.8, 4) is 5.75 Å². The van der Waals surface area contributed by atoms with Gasteiger partial charge >= 0.3 is 0 Å². The van der Waals surface area contributed by atoms with E-state index in [9.17, 15) is 5.11 Å². The average molecular weight is 270 g/mol. The van der Waals surface area contributed by atoms with Gasteiger partial charge in [0.05, 0.1) is 0 Å². The molecule has 3 N–H and O–H groups in total. The molecule has 0 aliphatic carbocycles. The van der Waals surface area contributed by atoms with Crippen molar-refractivity contribution in [2.24, 2.45) is 5.73 Å². The van der Waals surface area contributed by atoms with E-state index in [4.69, 9.17) is 5.73 Å². The first-order valence-electron chi connectivity index (χ1n) is 4.85. The summed E-state index contributed by atoms with van der Waals surface area (Å²) in [6, 6.07) is 0. The summed E-state index contributed by atoms with van der Waals surface area (Å²) in [7, 11) is 0. The number of nitrogens with two attached hydrogens (primary N) is 1. The molecular formula is C12H16BrNO. The molecule has 0 saturated heterocycles. The van der Waals surface area contributed by atoms with Gasteiger partial charge in [-0.2, -0.15) is 0 Å². The van der Waals surface area contributed by atoms with Crippen LogP contribution in [0.4, 0.5) is 0 Å². The first-order valence-corrected chi connectivity index (χ1v) is 5.64. The highest BCUT2D eigenvalue weighted by atomic mass is 79.9. The van der Waals surface area contributed by atoms with E-state index < -0.39 is 0 Å². The molecule has 2 nitrogen and oxygen atoms in total. The summed E-state index contributed by atoms with van der Waals surface area (Å²) in [4.78, 5) is 0. The lowest BCUT2D eigenvalue weighted by molar-refractivity contribution is 0.468. The molecule has 15 heavy (non-hydrogen) atoms. The molecule has 0 radical (unpaired) electrons. The van der Waals surface area contributed by atoms with Crippen LogP contribution in [0.2, 0.25) is 0 Å². The Morgan fingerprint density at radius 3 is 2.33 bits per heavy atom. The van der Waals surface area contributed by atoms with Crippen molar-refractivity contribution in [3.05, 3.63) is 32.8 Å². The van der Waals surface area contributed by atoms with Crippen molar-refractivity contribution in [1.29, 1.82) is 0 Å². The SMILES string of the molecule is Cc1c(C)c(Br)c(C)c(/C=C/CN)c1O. The molecular weight excluding hydrogens is 254 g/mol. The van der Waals surface area contributed by atoms with Gasteiger partial charge in [0.25, 0.3) is 0 Å². The van der Waals surface area contributed by atoms with E-state index in [1.54, 1.807) is 0 Å². The smallest absolute Gasteiger partial charge is 0.126 e. The van der Waals surface area contributed by atoms with Gasteiger partial charge in [0, 0.05) is 16.6 Å². The molecule has 0 atom stereocenters. The Morgan fingerprint density at radius 2 is 1.80 bits per heavy atom. The van der Waals surface area contributed by atoms with Crippen LogP contribution in [-0.4, -0.2) is 11.7 Å². The van der Waals surface area contributed by atoms with E-state index in [1.807, 2.05) is 32.9 Å². The molecule has 0 saturated carbocycles. The number of hydrogen-bond donors (Lipinski definition) is 2. The van der Waals surface area contributed by atoms with E-state index in [0.29, 0.717) is 12.3 Å². The van der Waals surface area contributed by atoms with E-state index in [2.05, 4.69) is 15.9 Å².